The number of nitrogens with one attached hydrogen (secondary N) is 2. The van der Waals surface area contributed by atoms with Gasteiger partial charge in [-0.25, -0.2) is 27.8 Å². The van der Waals surface area contributed by atoms with Gasteiger partial charge in [-0.3, -0.25) is 29.4 Å². The maximum atomic E-state index is 15.1. The van der Waals surface area contributed by atoms with Gasteiger partial charge in [-0.15, -0.1) is 0 Å². The van der Waals surface area contributed by atoms with Gasteiger partial charge in [0.25, 0.3) is 10.0 Å². The van der Waals surface area contributed by atoms with Crippen LogP contribution in [0, 0.1) is 5.82 Å². The predicted molar refractivity (Wildman–Crippen MR) is 215 cm³/mol. The average molecular weight is 811 g/mol. The van der Waals surface area contributed by atoms with E-state index < -0.39 is 21.8 Å². The van der Waals surface area contributed by atoms with Crippen LogP contribution in [0.3, 0.4) is 0 Å². The Balaban J connectivity index is 0.807. The lowest BCUT2D eigenvalue weighted by Crippen LogP contribution is -2.53. The fraction of sp³-hybridized carbons (Fsp3) is 0.475. The minimum Gasteiger partial charge on any atom is -0.354 e. The second-order valence-electron chi connectivity index (χ2n) is 16.1. The number of nitrogens with zero attached hydrogens (tertiary/aromatic N) is 10. The number of pyridine rings is 1. The van der Waals surface area contributed by atoms with Crippen LogP contribution in [0.2, 0.25) is 0 Å². The van der Waals surface area contributed by atoms with Crippen LogP contribution < -0.4 is 15.5 Å². The van der Waals surface area contributed by atoms with Gasteiger partial charge < -0.3 is 10.2 Å². The van der Waals surface area contributed by atoms with Gasteiger partial charge in [0.2, 0.25) is 11.8 Å². The highest BCUT2D eigenvalue weighted by atomic mass is 32.2. The molecule has 1 aromatic carbocycles. The second-order valence-corrected chi connectivity index (χ2v) is 18.1. The molecule has 3 aliphatic heterocycles. The molecule has 5 aromatic rings. The summed E-state index contributed by atoms with van der Waals surface area (Å²) >= 11 is 0. The van der Waals surface area contributed by atoms with Gasteiger partial charge in [0.1, 0.15) is 17.5 Å². The van der Waals surface area contributed by atoms with E-state index in [4.69, 9.17) is 10.1 Å². The first kappa shape index (κ1) is 38.2. The standard InChI is InChI=1S/C40H47FN12O4S/c1-25(2)53-34-20-36(45-35-9-12-42-38(46-35)27-21-44-52(24-27)58(56,57)29-4-5-29)43-22-32(34)39(48-53)51-13-10-28(11-14-51)50-17-15-49(16-18-50)23-26-3-6-30(33(41)19-26)31-7-8-37(54)47-40(31)55/h3,6,9,12,19-22,24-25,28-29,31H,4-5,7-8,10-11,13-18,23H2,1-2H3,(H,47,54,55)(H,42,43,45,46). The number of fused-ring (bicyclic) bond motifs is 1. The molecule has 1 saturated carbocycles. The molecule has 9 rings (SSSR count). The lowest BCUT2D eigenvalue weighted by atomic mass is 9.89. The van der Waals surface area contributed by atoms with Crippen molar-refractivity contribution in [1.82, 2.24) is 49.0 Å². The first-order valence-corrected chi connectivity index (χ1v) is 21.6. The second kappa shape index (κ2) is 15.4. The van der Waals surface area contributed by atoms with Crippen LogP contribution in [-0.2, 0) is 26.2 Å². The molecule has 0 radical (unpaired) electrons. The fourth-order valence-electron chi connectivity index (χ4n) is 8.42. The van der Waals surface area contributed by atoms with Crippen molar-refractivity contribution in [1.29, 1.82) is 0 Å². The van der Waals surface area contributed by atoms with Crippen molar-refractivity contribution < 1.29 is 22.4 Å². The molecule has 1 aliphatic carbocycles. The number of piperazine rings is 1. The summed E-state index contributed by atoms with van der Waals surface area (Å²) in [6.45, 7) is 10.3. The van der Waals surface area contributed by atoms with Crippen molar-refractivity contribution in [3.05, 3.63) is 72.1 Å². The summed E-state index contributed by atoms with van der Waals surface area (Å²) in [5, 5.41) is 15.4. The Labute approximate surface area is 335 Å². The molecule has 4 fully saturated rings. The number of carbonyl (C=O) groups is 2. The number of benzene rings is 1. The Kier molecular flexibility index (Phi) is 10.2. The van der Waals surface area contributed by atoms with Crippen molar-refractivity contribution in [2.75, 3.05) is 49.5 Å². The number of anilines is 3. The van der Waals surface area contributed by atoms with Crippen molar-refractivity contribution in [2.24, 2.45) is 0 Å². The third-order valence-electron chi connectivity index (χ3n) is 11.8. The van der Waals surface area contributed by atoms with E-state index in [0.717, 1.165) is 78.5 Å². The average Bonchev–Trinajstić information content (AvgIpc) is 3.84. The summed E-state index contributed by atoms with van der Waals surface area (Å²) in [5.41, 5.74) is 2.71. The third kappa shape index (κ3) is 7.67. The summed E-state index contributed by atoms with van der Waals surface area (Å²) in [7, 11) is -3.49. The van der Waals surface area contributed by atoms with Crippen molar-refractivity contribution in [3.63, 3.8) is 0 Å². The zero-order chi connectivity index (χ0) is 40.1. The molecule has 2 N–H and O–H groups in total. The highest BCUT2D eigenvalue weighted by Gasteiger charge is 2.38. The first-order chi connectivity index (χ1) is 28.0. The van der Waals surface area contributed by atoms with Crippen molar-refractivity contribution >= 4 is 50.2 Å². The van der Waals surface area contributed by atoms with E-state index in [1.54, 1.807) is 24.4 Å². The summed E-state index contributed by atoms with van der Waals surface area (Å²) < 4.78 is 43.4. The molecule has 4 aliphatic rings. The normalized spacial score (nSPS) is 20.3. The molecular formula is C40H47FN12O4S. The van der Waals surface area contributed by atoms with Gasteiger partial charge >= 0.3 is 0 Å². The van der Waals surface area contributed by atoms with Crippen LogP contribution in [0.15, 0.2) is 55.1 Å². The van der Waals surface area contributed by atoms with Gasteiger partial charge in [0.05, 0.1) is 40.0 Å². The van der Waals surface area contributed by atoms with E-state index in [9.17, 15) is 18.0 Å². The maximum absolute atomic E-state index is 15.1. The predicted octanol–water partition coefficient (Wildman–Crippen LogP) is 4.20. The Morgan fingerprint density at radius 3 is 2.45 bits per heavy atom. The number of hydrogen-bond donors (Lipinski definition) is 2. The number of amides is 2. The zero-order valence-corrected chi connectivity index (χ0v) is 33.4. The molecule has 1 unspecified atom stereocenters. The number of hydrogen-bond acceptors (Lipinski definition) is 13. The minimum atomic E-state index is -3.49. The quantitative estimate of drug-likeness (QED) is 0.182. The number of aromatic nitrogens is 7. The van der Waals surface area contributed by atoms with Crippen LogP contribution in [0.4, 0.5) is 21.8 Å². The van der Waals surface area contributed by atoms with Crippen LogP contribution in [0.1, 0.15) is 75.5 Å². The molecule has 0 spiro atoms. The highest BCUT2D eigenvalue weighted by Crippen LogP contribution is 2.34. The van der Waals surface area contributed by atoms with Crippen LogP contribution >= 0.6 is 0 Å². The monoisotopic (exact) mass is 810 g/mol. The molecule has 4 aromatic heterocycles. The van der Waals surface area contributed by atoms with Gasteiger partial charge in [-0.2, -0.15) is 14.3 Å². The van der Waals surface area contributed by atoms with Crippen molar-refractivity contribution in [2.45, 2.75) is 82.2 Å². The molecule has 1 atom stereocenters. The van der Waals surface area contributed by atoms with Gasteiger partial charge in [-0.05, 0) is 63.6 Å². The molecule has 58 heavy (non-hydrogen) atoms. The highest BCUT2D eigenvalue weighted by molar-refractivity contribution is 7.90. The molecule has 18 heteroatoms. The van der Waals surface area contributed by atoms with E-state index in [1.807, 2.05) is 23.0 Å². The number of piperidine rings is 2. The van der Waals surface area contributed by atoms with E-state index in [2.05, 4.69) is 54.2 Å². The largest absolute Gasteiger partial charge is 0.354 e. The van der Waals surface area contributed by atoms with Gasteiger partial charge in [0, 0.05) is 88.3 Å². The third-order valence-corrected chi connectivity index (χ3v) is 13.8. The van der Waals surface area contributed by atoms with Crippen LogP contribution in [-0.4, -0.2) is 115 Å². The molecule has 2 amide bonds. The molecule has 7 heterocycles. The summed E-state index contributed by atoms with van der Waals surface area (Å²) in [5.74, 6) is 0.667. The Bertz CT molecular complexity index is 2470. The Hall–Kier alpha value is -5.33. The van der Waals surface area contributed by atoms with E-state index in [-0.39, 0.29) is 29.4 Å². The minimum absolute atomic E-state index is 0.120. The Morgan fingerprint density at radius 1 is 0.931 bits per heavy atom. The van der Waals surface area contributed by atoms with E-state index in [0.29, 0.717) is 60.4 Å². The zero-order valence-electron chi connectivity index (χ0n) is 32.6. The summed E-state index contributed by atoms with van der Waals surface area (Å²) in [6.07, 6.45) is 10.3. The van der Waals surface area contributed by atoms with E-state index >= 15 is 4.39 Å². The lowest BCUT2D eigenvalue weighted by molar-refractivity contribution is -0.134. The molecule has 304 valence electrons. The fourth-order valence-corrected chi connectivity index (χ4v) is 9.89. The summed E-state index contributed by atoms with van der Waals surface area (Å²) in [6, 6.07) is 9.47. The number of carbonyl (C=O) groups excluding carboxylic acids is 2. The number of halogens is 1. The van der Waals surface area contributed by atoms with E-state index in [1.165, 1.54) is 12.4 Å². The van der Waals surface area contributed by atoms with Crippen LogP contribution in [0.25, 0.3) is 22.3 Å². The lowest BCUT2D eigenvalue weighted by Gasteiger charge is -2.43. The van der Waals surface area contributed by atoms with Gasteiger partial charge in [-0.1, -0.05) is 12.1 Å². The van der Waals surface area contributed by atoms with Crippen molar-refractivity contribution in [3.8, 4) is 11.4 Å². The number of rotatable bonds is 11. The Morgan fingerprint density at radius 2 is 1.72 bits per heavy atom. The first-order valence-electron chi connectivity index (χ1n) is 20.1. The smallest absolute Gasteiger partial charge is 0.256 e. The summed E-state index contributed by atoms with van der Waals surface area (Å²) in [4.78, 5) is 44.9. The topological polar surface area (TPSA) is 176 Å². The number of imide groups is 1. The van der Waals surface area contributed by atoms with Gasteiger partial charge in [0.15, 0.2) is 11.6 Å². The SMILES string of the molecule is CC(C)n1nc(N2CCC(N3CCN(Cc4ccc(C5CCC(=O)NC5=O)c(F)c4)CC3)CC2)c2cnc(Nc3ccnc(-c4cnn(S(=O)(=O)C5CC5)c4)n3)cc21. The molecule has 16 nitrogen and oxygen atoms in total. The van der Waals surface area contributed by atoms with Crippen LogP contribution in [0.5, 0.6) is 0 Å². The molecular weight excluding hydrogens is 764 g/mol. The maximum Gasteiger partial charge on any atom is 0.256 e. The molecule has 0 bridgehead atoms. The molecule has 3 saturated heterocycles.